The van der Waals surface area contributed by atoms with Crippen LogP contribution in [0.15, 0.2) is 0 Å². The molecular formula is C8H8N2O4S. The highest BCUT2D eigenvalue weighted by Crippen LogP contribution is 2.20. The molecule has 80 valence electrons. The Labute approximate surface area is 89.1 Å². The summed E-state index contributed by atoms with van der Waals surface area (Å²) in [6, 6.07) is 0. The lowest BCUT2D eigenvalue weighted by molar-refractivity contribution is -0.137. The number of ketones is 1. The fourth-order valence-corrected chi connectivity index (χ4v) is 1.50. The molecule has 0 aromatic carbocycles. The van der Waals surface area contributed by atoms with Gasteiger partial charge in [0.1, 0.15) is 5.00 Å². The highest BCUT2D eigenvalue weighted by atomic mass is 32.1. The number of rotatable bonds is 4. The van der Waals surface area contributed by atoms with Crippen LogP contribution in [-0.4, -0.2) is 29.6 Å². The summed E-state index contributed by atoms with van der Waals surface area (Å²) in [6.45, 7) is 1.67. The summed E-state index contributed by atoms with van der Waals surface area (Å²) >= 11 is 0.848. The maximum absolute atomic E-state index is 11.4. The van der Waals surface area contributed by atoms with E-state index in [4.69, 9.17) is 5.73 Å². The van der Waals surface area contributed by atoms with Crippen molar-refractivity contribution in [3.05, 3.63) is 10.7 Å². The van der Waals surface area contributed by atoms with E-state index in [1.54, 1.807) is 6.92 Å². The van der Waals surface area contributed by atoms with E-state index >= 15 is 0 Å². The zero-order valence-electron chi connectivity index (χ0n) is 7.85. The van der Waals surface area contributed by atoms with Crippen LogP contribution in [0.5, 0.6) is 0 Å². The van der Waals surface area contributed by atoms with E-state index in [9.17, 15) is 14.4 Å². The smallest absolute Gasteiger partial charge is 0.381 e. The summed E-state index contributed by atoms with van der Waals surface area (Å²) in [5, 5.41) is 0.0929. The average molecular weight is 228 g/mol. The lowest BCUT2D eigenvalue weighted by Gasteiger charge is -1.97. The molecule has 0 amide bonds. The highest BCUT2D eigenvalue weighted by molar-refractivity contribution is 7.17. The van der Waals surface area contributed by atoms with Crippen LogP contribution < -0.4 is 5.73 Å². The van der Waals surface area contributed by atoms with E-state index in [-0.39, 0.29) is 22.3 Å². The minimum absolute atomic E-state index is 0.0372. The molecular weight excluding hydrogens is 220 g/mol. The molecule has 0 radical (unpaired) electrons. The van der Waals surface area contributed by atoms with Gasteiger partial charge < -0.3 is 10.5 Å². The van der Waals surface area contributed by atoms with Gasteiger partial charge in [-0.15, -0.1) is 0 Å². The SMILES string of the molecule is CCOC(=O)C(=O)c1nc(C=O)sc1N. The van der Waals surface area contributed by atoms with E-state index in [1.165, 1.54) is 0 Å². The molecule has 1 aromatic rings. The predicted octanol–water partition coefficient (Wildman–Crippen LogP) is 0.284. The van der Waals surface area contributed by atoms with E-state index in [1.807, 2.05) is 0 Å². The second kappa shape index (κ2) is 4.65. The first kappa shape index (κ1) is 11.3. The van der Waals surface area contributed by atoms with Crippen LogP contribution in [0.1, 0.15) is 27.2 Å². The van der Waals surface area contributed by atoms with Gasteiger partial charge in [-0.25, -0.2) is 9.78 Å². The average Bonchev–Trinajstić information content (AvgIpc) is 2.59. The van der Waals surface area contributed by atoms with Crippen LogP contribution >= 0.6 is 11.3 Å². The summed E-state index contributed by atoms with van der Waals surface area (Å²) in [5.74, 6) is -1.95. The molecule has 0 bridgehead atoms. The van der Waals surface area contributed by atoms with Gasteiger partial charge in [-0.1, -0.05) is 11.3 Å². The largest absolute Gasteiger partial charge is 0.460 e. The maximum Gasteiger partial charge on any atom is 0.381 e. The molecule has 2 N–H and O–H groups in total. The molecule has 1 aromatic heterocycles. The minimum Gasteiger partial charge on any atom is -0.460 e. The van der Waals surface area contributed by atoms with E-state index in [0.29, 0.717) is 6.29 Å². The van der Waals surface area contributed by atoms with Crippen LogP contribution in [0.2, 0.25) is 0 Å². The molecule has 7 heteroatoms. The topological polar surface area (TPSA) is 99.4 Å². The van der Waals surface area contributed by atoms with Gasteiger partial charge >= 0.3 is 5.97 Å². The summed E-state index contributed by atoms with van der Waals surface area (Å²) in [5.41, 5.74) is 5.20. The number of carbonyl (C=O) groups is 3. The Bertz CT molecular complexity index is 413. The van der Waals surface area contributed by atoms with Crippen molar-refractivity contribution in [2.45, 2.75) is 6.92 Å². The predicted molar refractivity (Wildman–Crippen MR) is 52.9 cm³/mol. The van der Waals surface area contributed by atoms with Crippen LogP contribution in [0, 0.1) is 0 Å². The molecule has 0 aliphatic heterocycles. The van der Waals surface area contributed by atoms with Crippen molar-refractivity contribution in [1.29, 1.82) is 0 Å². The van der Waals surface area contributed by atoms with Crippen molar-refractivity contribution >= 4 is 34.4 Å². The fourth-order valence-electron chi connectivity index (χ4n) is 0.855. The number of hydrogen-bond acceptors (Lipinski definition) is 7. The number of Topliss-reactive ketones (excluding diaryl/α,β-unsaturated/α-hetero) is 1. The Morgan fingerprint density at radius 2 is 2.27 bits per heavy atom. The van der Waals surface area contributed by atoms with Crippen molar-refractivity contribution in [3.8, 4) is 0 Å². The van der Waals surface area contributed by atoms with Gasteiger partial charge in [0, 0.05) is 0 Å². The standard InChI is InChI=1S/C8H8N2O4S/c1-2-14-8(13)6(12)5-7(9)15-4(3-11)10-5/h3H,2,9H2,1H3. The first-order chi connectivity index (χ1) is 7.10. The molecule has 0 unspecified atom stereocenters. The number of anilines is 1. The molecule has 0 fully saturated rings. The van der Waals surface area contributed by atoms with Gasteiger partial charge in [0.25, 0.3) is 5.78 Å². The highest BCUT2D eigenvalue weighted by Gasteiger charge is 2.24. The third-order valence-electron chi connectivity index (χ3n) is 1.45. The quantitative estimate of drug-likeness (QED) is 0.344. The van der Waals surface area contributed by atoms with Crippen molar-refractivity contribution in [2.24, 2.45) is 0 Å². The molecule has 0 saturated carbocycles. The van der Waals surface area contributed by atoms with Gasteiger partial charge in [0.05, 0.1) is 6.61 Å². The lowest BCUT2D eigenvalue weighted by atomic mass is 10.3. The second-order valence-electron chi connectivity index (χ2n) is 2.43. The maximum atomic E-state index is 11.4. The summed E-state index contributed by atoms with van der Waals surface area (Å²) in [6.07, 6.45) is 0.461. The Morgan fingerprint density at radius 1 is 1.60 bits per heavy atom. The number of aldehydes is 1. The van der Waals surface area contributed by atoms with Crippen molar-refractivity contribution in [1.82, 2.24) is 4.98 Å². The van der Waals surface area contributed by atoms with Crippen LogP contribution in [-0.2, 0) is 9.53 Å². The first-order valence-corrected chi connectivity index (χ1v) is 4.84. The van der Waals surface area contributed by atoms with Crippen LogP contribution in [0.25, 0.3) is 0 Å². The molecule has 0 aliphatic rings. The molecule has 15 heavy (non-hydrogen) atoms. The van der Waals surface area contributed by atoms with Gasteiger partial charge in [-0.05, 0) is 6.92 Å². The second-order valence-corrected chi connectivity index (χ2v) is 3.49. The molecule has 1 heterocycles. The van der Waals surface area contributed by atoms with Gasteiger partial charge in [-0.3, -0.25) is 9.59 Å². The van der Waals surface area contributed by atoms with E-state index in [0.717, 1.165) is 11.3 Å². The fraction of sp³-hybridized carbons (Fsp3) is 0.250. The Hall–Kier alpha value is -1.76. The number of hydrogen-bond donors (Lipinski definition) is 1. The Balaban J connectivity index is 2.95. The monoisotopic (exact) mass is 228 g/mol. The van der Waals surface area contributed by atoms with Gasteiger partial charge in [0.15, 0.2) is 17.0 Å². The zero-order chi connectivity index (χ0) is 11.4. The first-order valence-electron chi connectivity index (χ1n) is 4.03. The van der Waals surface area contributed by atoms with Crippen molar-refractivity contribution in [3.63, 3.8) is 0 Å². The van der Waals surface area contributed by atoms with Crippen LogP contribution in [0.4, 0.5) is 5.00 Å². The number of thiazole rings is 1. The number of nitrogens with two attached hydrogens (primary N) is 1. The summed E-state index contributed by atoms with van der Waals surface area (Å²) in [4.78, 5) is 36.4. The normalized spacial score (nSPS) is 9.67. The van der Waals surface area contributed by atoms with Crippen molar-refractivity contribution in [2.75, 3.05) is 12.3 Å². The summed E-state index contributed by atoms with van der Waals surface area (Å²) < 4.78 is 4.49. The number of nitrogen functional groups attached to an aromatic ring is 1. The molecule has 0 saturated heterocycles. The zero-order valence-corrected chi connectivity index (χ0v) is 8.67. The number of ether oxygens (including phenoxy) is 1. The Morgan fingerprint density at radius 3 is 2.73 bits per heavy atom. The molecule has 0 spiro atoms. The lowest BCUT2D eigenvalue weighted by Crippen LogP contribution is -2.19. The molecule has 1 rings (SSSR count). The van der Waals surface area contributed by atoms with Crippen LogP contribution in [0.3, 0.4) is 0 Å². The number of aromatic nitrogens is 1. The molecule has 0 aliphatic carbocycles. The third kappa shape index (κ3) is 2.38. The Kier molecular flexibility index (Phi) is 3.51. The van der Waals surface area contributed by atoms with E-state index in [2.05, 4.69) is 9.72 Å². The number of carbonyl (C=O) groups excluding carboxylic acids is 3. The third-order valence-corrected chi connectivity index (χ3v) is 2.26. The molecule has 6 nitrogen and oxygen atoms in total. The van der Waals surface area contributed by atoms with E-state index < -0.39 is 11.8 Å². The van der Waals surface area contributed by atoms with Gasteiger partial charge in [0.2, 0.25) is 0 Å². The van der Waals surface area contributed by atoms with Crippen molar-refractivity contribution < 1.29 is 19.1 Å². The summed E-state index contributed by atoms with van der Waals surface area (Å²) in [7, 11) is 0. The number of esters is 1. The minimum atomic E-state index is -1.02. The number of nitrogens with zero attached hydrogens (tertiary/aromatic N) is 1. The van der Waals surface area contributed by atoms with Gasteiger partial charge in [-0.2, -0.15) is 0 Å². The molecule has 0 atom stereocenters.